The largest absolute Gasteiger partial charge is 0.460 e. The maximum absolute atomic E-state index is 11.3. The van der Waals surface area contributed by atoms with E-state index in [9.17, 15) is 4.79 Å². The van der Waals surface area contributed by atoms with E-state index < -0.39 is 0 Å². The van der Waals surface area contributed by atoms with Gasteiger partial charge in [-0.05, 0) is 25.7 Å². The Kier molecular flexibility index (Phi) is 20.7. The molecule has 0 amide bonds. The Bertz CT molecular complexity index is 408. The monoisotopic (exact) mass is 426 g/mol. The minimum absolute atomic E-state index is 0.265. The zero-order chi connectivity index (χ0) is 22.5. The molecule has 4 heteroatoms. The van der Waals surface area contributed by atoms with Crippen LogP contribution >= 0.6 is 0 Å². The Morgan fingerprint density at radius 1 is 0.767 bits per heavy atom. The number of rotatable bonds is 22. The molecule has 0 radical (unpaired) electrons. The second kappa shape index (κ2) is 21.4. The van der Waals surface area contributed by atoms with E-state index in [1.54, 1.807) is 6.92 Å². The van der Waals surface area contributed by atoms with Crippen LogP contribution in [-0.2, 0) is 19.0 Å². The number of carbonyl (C=O) groups excluding carboxylic acids is 1. The summed E-state index contributed by atoms with van der Waals surface area (Å²) >= 11 is 0. The normalized spacial score (nSPS) is 13.2. The molecule has 0 aromatic carbocycles. The topological polar surface area (TPSA) is 44.8 Å². The molecule has 0 saturated heterocycles. The minimum Gasteiger partial charge on any atom is -0.460 e. The highest BCUT2D eigenvalue weighted by Gasteiger charge is 2.17. The highest BCUT2D eigenvalue weighted by Crippen LogP contribution is 2.22. The van der Waals surface area contributed by atoms with Gasteiger partial charge in [0.05, 0.1) is 25.9 Å². The average molecular weight is 427 g/mol. The van der Waals surface area contributed by atoms with Crippen molar-refractivity contribution in [1.29, 1.82) is 0 Å². The molecule has 2 unspecified atom stereocenters. The summed E-state index contributed by atoms with van der Waals surface area (Å²) in [5.74, 6) is 0.236. The summed E-state index contributed by atoms with van der Waals surface area (Å²) in [5, 5.41) is 0. The van der Waals surface area contributed by atoms with Crippen molar-refractivity contribution in [3.8, 4) is 0 Å². The predicted molar refractivity (Wildman–Crippen MR) is 127 cm³/mol. The molecule has 0 aliphatic carbocycles. The van der Waals surface area contributed by atoms with Gasteiger partial charge in [-0.3, -0.25) is 0 Å². The van der Waals surface area contributed by atoms with Crippen molar-refractivity contribution in [2.45, 2.75) is 117 Å². The molecular weight excluding hydrogens is 376 g/mol. The average Bonchev–Trinajstić information content (AvgIpc) is 2.73. The minimum atomic E-state index is -0.360. The molecule has 0 N–H and O–H groups in total. The molecule has 4 nitrogen and oxygen atoms in total. The van der Waals surface area contributed by atoms with Gasteiger partial charge in [-0.15, -0.1) is 0 Å². The van der Waals surface area contributed by atoms with E-state index in [0.717, 1.165) is 6.42 Å². The highest BCUT2D eigenvalue weighted by atomic mass is 16.6. The van der Waals surface area contributed by atoms with Crippen molar-refractivity contribution >= 4 is 5.97 Å². The fourth-order valence-corrected chi connectivity index (χ4v) is 3.59. The van der Waals surface area contributed by atoms with Gasteiger partial charge in [-0.1, -0.05) is 98.0 Å². The Hall–Kier alpha value is -0.870. The van der Waals surface area contributed by atoms with Gasteiger partial charge in [0.2, 0.25) is 0 Å². The highest BCUT2D eigenvalue weighted by molar-refractivity contribution is 5.86. The lowest BCUT2D eigenvalue weighted by atomic mass is 9.93. The van der Waals surface area contributed by atoms with Crippen LogP contribution in [0.15, 0.2) is 12.2 Å². The Labute approximate surface area is 187 Å². The van der Waals surface area contributed by atoms with Crippen LogP contribution in [-0.4, -0.2) is 38.5 Å². The molecule has 0 heterocycles. The first-order valence-corrected chi connectivity index (χ1v) is 12.5. The van der Waals surface area contributed by atoms with Gasteiger partial charge in [0.15, 0.2) is 0 Å². The van der Waals surface area contributed by atoms with Crippen molar-refractivity contribution < 1.29 is 19.0 Å². The lowest BCUT2D eigenvalue weighted by Crippen LogP contribution is -2.24. The second-order valence-corrected chi connectivity index (χ2v) is 8.67. The molecule has 2 atom stereocenters. The smallest absolute Gasteiger partial charge is 0.333 e. The molecule has 30 heavy (non-hydrogen) atoms. The van der Waals surface area contributed by atoms with Gasteiger partial charge in [0.1, 0.15) is 6.61 Å². The van der Waals surface area contributed by atoms with Crippen LogP contribution < -0.4 is 0 Å². The van der Waals surface area contributed by atoms with Crippen LogP contribution in [0.1, 0.15) is 111 Å². The first kappa shape index (κ1) is 29.1. The van der Waals surface area contributed by atoms with Crippen molar-refractivity contribution in [2.24, 2.45) is 5.92 Å². The summed E-state index contributed by atoms with van der Waals surface area (Å²) < 4.78 is 16.8. The summed E-state index contributed by atoms with van der Waals surface area (Å²) in [7, 11) is 0. The van der Waals surface area contributed by atoms with Crippen LogP contribution in [0.3, 0.4) is 0 Å². The van der Waals surface area contributed by atoms with Gasteiger partial charge in [0.25, 0.3) is 0 Å². The van der Waals surface area contributed by atoms with E-state index in [-0.39, 0.29) is 12.6 Å². The van der Waals surface area contributed by atoms with Gasteiger partial charge in [-0.25, -0.2) is 4.79 Å². The Balaban J connectivity index is 4.06. The first-order valence-electron chi connectivity index (χ1n) is 12.5. The molecule has 0 aliphatic heterocycles. The molecular formula is C26H50O4. The van der Waals surface area contributed by atoms with Gasteiger partial charge in [-0.2, -0.15) is 0 Å². The summed E-state index contributed by atoms with van der Waals surface area (Å²) in [6.07, 6.45) is 17.3. The summed E-state index contributed by atoms with van der Waals surface area (Å²) in [6, 6.07) is 0. The van der Waals surface area contributed by atoms with Crippen LogP contribution in [0.4, 0.5) is 0 Å². The van der Waals surface area contributed by atoms with E-state index in [1.165, 1.54) is 77.0 Å². The zero-order valence-electron chi connectivity index (χ0n) is 20.5. The van der Waals surface area contributed by atoms with E-state index in [1.807, 2.05) is 0 Å². The van der Waals surface area contributed by atoms with Crippen LogP contribution in [0.2, 0.25) is 0 Å². The Morgan fingerprint density at radius 3 is 1.93 bits per heavy atom. The third-order valence-corrected chi connectivity index (χ3v) is 5.61. The predicted octanol–water partition coefficient (Wildman–Crippen LogP) is 7.25. The number of esters is 1. The maximum Gasteiger partial charge on any atom is 0.333 e. The molecule has 0 rings (SSSR count). The standard InChI is InChI=1S/C26H50O4/c1-6-8-10-12-13-14-16-18-25(24(5)17-15-11-9-7-2)29-21-19-28-20-22-30-26(27)23(3)4/h24-25H,3,6-22H2,1-2,4-5H3. The number of carbonyl (C=O) groups is 1. The quantitative estimate of drug-likeness (QED) is 0.104. The molecule has 0 spiro atoms. The first-order chi connectivity index (χ1) is 14.5. The van der Waals surface area contributed by atoms with Crippen molar-refractivity contribution in [2.75, 3.05) is 26.4 Å². The molecule has 0 saturated carbocycles. The van der Waals surface area contributed by atoms with Crippen LogP contribution in [0.25, 0.3) is 0 Å². The third-order valence-electron chi connectivity index (χ3n) is 5.61. The van der Waals surface area contributed by atoms with Crippen LogP contribution in [0.5, 0.6) is 0 Å². The SMILES string of the molecule is C=C(C)C(=O)OCCOCCOC(CCCCCCCCC)C(C)CCCCCC. The van der Waals surface area contributed by atoms with Gasteiger partial charge >= 0.3 is 5.97 Å². The molecule has 0 aromatic heterocycles. The zero-order valence-corrected chi connectivity index (χ0v) is 20.5. The van der Waals surface area contributed by atoms with Crippen molar-refractivity contribution in [1.82, 2.24) is 0 Å². The molecule has 0 fully saturated rings. The number of unbranched alkanes of at least 4 members (excludes halogenated alkanes) is 9. The van der Waals surface area contributed by atoms with E-state index >= 15 is 0 Å². The third kappa shape index (κ3) is 17.9. The number of hydrogen-bond donors (Lipinski definition) is 0. The second-order valence-electron chi connectivity index (χ2n) is 8.67. The lowest BCUT2D eigenvalue weighted by Gasteiger charge is -2.25. The van der Waals surface area contributed by atoms with Crippen molar-refractivity contribution in [3.63, 3.8) is 0 Å². The van der Waals surface area contributed by atoms with Gasteiger partial charge in [0, 0.05) is 5.57 Å². The maximum atomic E-state index is 11.3. The fraction of sp³-hybridized carbons (Fsp3) is 0.885. The summed E-state index contributed by atoms with van der Waals surface area (Å²) in [5.41, 5.74) is 0.416. The number of hydrogen-bond acceptors (Lipinski definition) is 4. The van der Waals surface area contributed by atoms with E-state index in [0.29, 0.717) is 37.4 Å². The van der Waals surface area contributed by atoms with Gasteiger partial charge < -0.3 is 14.2 Å². The lowest BCUT2D eigenvalue weighted by molar-refractivity contribution is -0.140. The Morgan fingerprint density at radius 2 is 1.30 bits per heavy atom. The fourth-order valence-electron chi connectivity index (χ4n) is 3.59. The van der Waals surface area contributed by atoms with E-state index in [2.05, 4.69) is 27.4 Å². The molecule has 0 aromatic rings. The summed E-state index contributed by atoms with van der Waals surface area (Å²) in [4.78, 5) is 11.3. The molecule has 0 bridgehead atoms. The van der Waals surface area contributed by atoms with Crippen molar-refractivity contribution in [3.05, 3.63) is 12.2 Å². The number of ether oxygens (including phenoxy) is 3. The van der Waals surface area contributed by atoms with E-state index in [4.69, 9.17) is 14.2 Å². The summed E-state index contributed by atoms with van der Waals surface area (Å²) in [6.45, 7) is 13.9. The molecule has 178 valence electrons. The molecule has 0 aliphatic rings. The van der Waals surface area contributed by atoms with Crippen LogP contribution in [0, 0.1) is 5.92 Å².